The predicted molar refractivity (Wildman–Crippen MR) is 78.8 cm³/mol. The normalized spacial score (nSPS) is 33.5. The first-order valence-corrected chi connectivity index (χ1v) is 8.07. The summed E-state index contributed by atoms with van der Waals surface area (Å²) in [6.07, 6.45) is 8.57. The molecule has 0 aromatic heterocycles. The van der Waals surface area contributed by atoms with Crippen LogP contribution in [0.15, 0.2) is 0 Å². The van der Waals surface area contributed by atoms with E-state index < -0.39 is 0 Å². The van der Waals surface area contributed by atoms with E-state index in [4.69, 9.17) is 0 Å². The number of nitrogens with one attached hydrogen (secondary N) is 1. The lowest BCUT2D eigenvalue weighted by Gasteiger charge is -2.34. The van der Waals surface area contributed by atoms with Crippen molar-refractivity contribution in [2.45, 2.75) is 58.4 Å². The highest BCUT2D eigenvalue weighted by Crippen LogP contribution is 2.28. The number of hydrogen-bond acceptors (Lipinski definition) is 2. The molecule has 1 atom stereocenters. The third-order valence-corrected chi connectivity index (χ3v) is 5.33. The Kier molecular flexibility index (Phi) is 5.50. The molecule has 1 saturated carbocycles. The Morgan fingerprint density at radius 3 is 2.28 bits per heavy atom. The summed E-state index contributed by atoms with van der Waals surface area (Å²) in [4.78, 5) is 2.46. The summed E-state index contributed by atoms with van der Waals surface area (Å²) in [5.74, 6) is 2.84. The topological polar surface area (TPSA) is 15.3 Å². The van der Waals surface area contributed by atoms with E-state index in [2.05, 4.69) is 31.1 Å². The van der Waals surface area contributed by atoms with Crippen molar-refractivity contribution in [2.24, 2.45) is 17.8 Å². The van der Waals surface area contributed by atoms with Crippen LogP contribution in [0.2, 0.25) is 0 Å². The van der Waals surface area contributed by atoms with Crippen LogP contribution >= 0.6 is 0 Å². The quantitative estimate of drug-likeness (QED) is 0.827. The molecular weight excluding hydrogens is 220 g/mol. The molecular formula is C16H32N2. The Morgan fingerprint density at radius 1 is 1.06 bits per heavy atom. The SMILES string of the molecule is CC1CCC(CNC(C)C2CCN(C)CC2)CC1. The van der Waals surface area contributed by atoms with Crippen LogP contribution in [-0.4, -0.2) is 37.6 Å². The summed E-state index contributed by atoms with van der Waals surface area (Å²) >= 11 is 0. The number of likely N-dealkylation sites (tertiary alicyclic amines) is 1. The number of nitrogens with zero attached hydrogens (tertiary/aromatic N) is 1. The molecule has 2 aliphatic rings. The van der Waals surface area contributed by atoms with E-state index in [9.17, 15) is 0 Å². The monoisotopic (exact) mass is 252 g/mol. The molecule has 2 nitrogen and oxygen atoms in total. The maximum absolute atomic E-state index is 3.83. The lowest BCUT2D eigenvalue weighted by Crippen LogP contribution is -2.42. The summed E-state index contributed by atoms with van der Waals surface area (Å²) < 4.78 is 0. The highest BCUT2D eigenvalue weighted by atomic mass is 15.1. The molecule has 2 rings (SSSR count). The lowest BCUT2D eigenvalue weighted by molar-refractivity contribution is 0.182. The van der Waals surface area contributed by atoms with Gasteiger partial charge in [-0.25, -0.2) is 0 Å². The predicted octanol–water partition coefficient (Wildman–Crippen LogP) is 3.13. The highest BCUT2D eigenvalue weighted by Gasteiger charge is 2.23. The van der Waals surface area contributed by atoms with Gasteiger partial charge in [-0.2, -0.15) is 0 Å². The zero-order valence-electron chi connectivity index (χ0n) is 12.6. The molecule has 1 saturated heterocycles. The first kappa shape index (κ1) is 14.3. The van der Waals surface area contributed by atoms with Gasteiger partial charge in [-0.15, -0.1) is 0 Å². The molecule has 1 heterocycles. The van der Waals surface area contributed by atoms with Gasteiger partial charge in [0.2, 0.25) is 0 Å². The van der Waals surface area contributed by atoms with Crippen molar-refractivity contribution < 1.29 is 0 Å². The summed E-state index contributed by atoms with van der Waals surface area (Å²) in [6, 6.07) is 0.720. The number of piperidine rings is 1. The van der Waals surface area contributed by atoms with Crippen molar-refractivity contribution in [3.63, 3.8) is 0 Å². The molecule has 2 heteroatoms. The van der Waals surface area contributed by atoms with E-state index in [0.717, 1.165) is 23.8 Å². The Bertz CT molecular complexity index is 225. The molecule has 1 N–H and O–H groups in total. The van der Waals surface area contributed by atoms with Gasteiger partial charge in [0.15, 0.2) is 0 Å². The van der Waals surface area contributed by atoms with Gasteiger partial charge in [-0.1, -0.05) is 19.8 Å². The second-order valence-corrected chi connectivity index (χ2v) is 6.96. The fourth-order valence-corrected chi connectivity index (χ4v) is 3.58. The van der Waals surface area contributed by atoms with Gasteiger partial charge in [-0.05, 0) is 77.0 Å². The summed E-state index contributed by atoms with van der Waals surface area (Å²) in [5.41, 5.74) is 0. The molecule has 1 unspecified atom stereocenters. The molecule has 2 fully saturated rings. The average Bonchev–Trinajstić information content (AvgIpc) is 2.38. The van der Waals surface area contributed by atoms with Gasteiger partial charge in [0.25, 0.3) is 0 Å². The molecule has 0 aromatic rings. The largest absolute Gasteiger partial charge is 0.314 e. The van der Waals surface area contributed by atoms with E-state index in [1.54, 1.807) is 0 Å². The second kappa shape index (κ2) is 6.91. The molecule has 1 aliphatic heterocycles. The van der Waals surface area contributed by atoms with E-state index in [1.165, 1.54) is 58.2 Å². The second-order valence-electron chi connectivity index (χ2n) is 6.96. The molecule has 0 radical (unpaired) electrons. The third-order valence-electron chi connectivity index (χ3n) is 5.33. The van der Waals surface area contributed by atoms with Crippen LogP contribution in [0.5, 0.6) is 0 Å². The Hall–Kier alpha value is -0.0800. The maximum atomic E-state index is 3.83. The van der Waals surface area contributed by atoms with Crippen molar-refractivity contribution in [3.05, 3.63) is 0 Å². The first-order chi connectivity index (χ1) is 8.65. The van der Waals surface area contributed by atoms with Gasteiger partial charge in [0.1, 0.15) is 0 Å². The standard InChI is InChI=1S/C16H32N2/c1-13-4-6-15(7-5-13)12-17-14(2)16-8-10-18(3)11-9-16/h13-17H,4-12H2,1-3H3. The molecule has 0 spiro atoms. The van der Waals surface area contributed by atoms with Crippen molar-refractivity contribution in [1.29, 1.82) is 0 Å². The van der Waals surface area contributed by atoms with Crippen molar-refractivity contribution in [3.8, 4) is 0 Å². The average molecular weight is 252 g/mol. The van der Waals surface area contributed by atoms with E-state index >= 15 is 0 Å². The van der Waals surface area contributed by atoms with Crippen LogP contribution in [0.3, 0.4) is 0 Å². The number of hydrogen-bond donors (Lipinski definition) is 1. The van der Waals surface area contributed by atoms with Gasteiger partial charge < -0.3 is 10.2 Å². The van der Waals surface area contributed by atoms with Crippen LogP contribution in [-0.2, 0) is 0 Å². The molecule has 1 aliphatic carbocycles. The van der Waals surface area contributed by atoms with Gasteiger partial charge >= 0.3 is 0 Å². The Balaban J connectivity index is 1.63. The Labute approximate surface area is 114 Å². The summed E-state index contributed by atoms with van der Waals surface area (Å²) in [7, 11) is 2.25. The fourth-order valence-electron chi connectivity index (χ4n) is 3.58. The third kappa shape index (κ3) is 4.24. The first-order valence-electron chi connectivity index (χ1n) is 8.07. The maximum Gasteiger partial charge on any atom is 0.00680 e. The minimum absolute atomic E-state index is 0.720. The van der Waals surface area contributed by atoms with Gasteiger partial charge in [0.05, 0.1) is 0 Å². The van der Waals surface area contributed by atoms with Crippen LogP contribution in [0.1, 0.15) is 52.4 Å². The van der Waals surface area contributed by atoms with Gasteiger partial charge in [0, 0.05) is 6.04 Å². The van der Waals surface area contributed by atoms with Crippen molar-refractivity contribution in [1.82, 2.24) is 10.2 Å². The summed E-state index contributed by atoms with van der Waals surface area (Å²) in [5, 5.41) is 3.83. The summed E-state index contributed by atoms with van der Waals surface area (Å²) in [6.45, 7) is 8.65. The van der Waals surface area contributed by atoms with Crippen molar-refractivity contribution >= 4 is 0 Å². The van der Waals surface area contributed by atoms with Crippen LogP contribution < -0.4 is 5.32 Å². The van der Waals surface area contributed by atoms with E-state index in [1.807, 2.05) is 0 Å². The highest BCUT2D eigenvalue weighted by molar-refractivity contribution is 4.80. The number of rotatable bonds is 4. The zero-order chi connectivity index (χ0) is 13.0. The Morgan fingerprint density at radius 2 is 1.67 bits per heavy atom. The van der Waals surface area contributed by atoms with Crippen LogP contribution in [0, 0.1) is 17.8 Å². The minimum atomic E-state index is 0.720. The smallest absolute Gasteiger partial charge is 0.00680 e. The molecule has 106 valence electrons. The minimum Gasteiger partial charge on any atom is -0.314 e. The molecule has 0 amide bonds. The van der Waals surface area contributed by atoms with Crippen molar-refractivity contribution in [2.75, 3.05) is 26.7 Å². The lowest BCUT2D eigenvalue weighted by atomic mass is 9.82. The van der Waals surface area contributed by atoms with E-state index in [0.29, 0.717) is 0 Å². The van der Waals surface area contributed by atoms with Gasteiger partial charge in [-0.3, -0.25) is 0 Å². The molecule has 0 aromatic carbocycles. The van der Waals surface area contributed by atoms with E-state index in [-0.39, 0.29) is 0 Å². The molecule has 18 heavy (non-hydrogen) atoms. The fraction of sp³-hybridized carbons (Fsp3) is 1.00. The zero-order valence-corrected chi connectivity index (χ0v) is 12.6. The van der Waals surface area contributed by atoms with Crippen LogP contribution in [0.25, 0.3) is 0 Å². The molecule has 0 bridgehead atoms. The van der Waals surface area contributed by atoms with Crippen LogP contribution in [0.4, 0.5) is 0 Å².